The number of nitrogens with one attached hydrogen (secondary N) is 1. The minimum Gasteiger partial charge on any atom is -0.756 e. The second-order valence-corrected chi connectivity index (χ2v) is 19.6. The Balaban J connectivity index is 4.15. The van der Waals surface area contributed by atoms with Crippen molar-refractivity contribution in [1.29, 1.82) is 0 Å². The molecule has 2 N–H and O–H groups in total. The summed E-state index contributed by atoms with van der Waals surface area (Å²) in [4.78, 5) is 25.3. The molecular weight excluding hydrogens is 768 g/mol. The van der Waals surface area contributed by atoms with Crippen molar-refractivity contribution in [1.82, 2.24) is 5.32 Å². The third kappa shape index (κ3) is 44.5. The monoisotopic (exact) mass is 865 g/mol. The largest absolute Gasteiger partial charge is 0.756 e. The van der Waals surface area contributed by atoms with Gasteiger partial charge in [0.1, 0.15) is 13.2 Å². The lowest BCUT2D eigenvalue weighted by molar-refractivity contribution is -0.870. The van der Waals surface area contributed by atoms with Gasteiger partial charge in [0.25, 0.3) is 7.82 Å². The first-order valence-corrected chi connectivity index (χ1v) is 26.5. The summed E-state index contributed by atoms with van der Waals surface area (Å²) in [7, 11) is 1.24. The molecule has 3 atom stereocenters. The van der Waals surface area contributed by atoms with Crippen molar-refractivity contribution in [2.24, 2.45) is 0 Å². The van der Waals surface area contributed by atoms with E-state index in [2.05, 4.69) is 55.6 Å². The topological polar surface area (TPSA) is 108 Å². The maximum atomic E-state index is 12.9. The highest BCUT2D eigenvalue weighted by molar-refractivity contribution is 7.45. The number of aliphatic hydroxyl groups excluding tert-OH is 1. The van der Waals surface area contributed by atoms with E-state index in [4.69, 9.17) is 9.05 Å². The molecule has 0 saturated carbocycles. The zero-order chi connectivity index (χ0) is 44.3. The summed E-state index contributed by atoms with van der Waals surface area (Å²) in [5.41, 5.74) is 0. The minimum atomic E-state index is -4.59. The molecule has 9 heteroatoms. The summed E-state index contributed by atoms with van der Waals surface area (Å²) in [6.45, 7) is 4.59. The molecule has 352 valence electrons. The molecule has 0 aromatic heterocycles. The summed E-state index contributed by atoms with van der Waals surface area (Å²) >= 11 is 0. The molecule has 0 heterocycles. The summed E-state index contributed by atoms with van der Waals surface area (Å²) in [5.74, 6) is -0.209. The molecule has 60 heavy (non-hydrogen) atoms. The highest BCUT2D eigenvalue weighted by atomic mass is 31.2. The van der Waals surface area contributed by atoms with Gasteiger partial charge in [-0.05, 0) is 64.2 Å². The van der Waals surface area contributed by atoms with Gasteiger partial charge in [0.2, 0.25) is 5.91 Å². The first-order chi connectivity index (χ1) is 29.0. The van der Waals surface area contributed by atoms with E-state index >= 15 is 0 Å². The molecule has 0 aliphatic heterocycles. The van der Waals surface area contributed by atoms with Gasteiger partial charge in [0, 0.05) is 6.42 Å². The number of unbranched alkanes of at least 4 members (excludes halogenated alkanes) is 26. The molecule has 0 aromatic rings. The van der Waals surface area contributed by atoms with Gasteiger partial charge in [-0.25, -0.2) is 0 Å². The average Bonchev–Trinajstić information content (AvgIpc) is 3.20. The van der Waals surface area contributed by atoms with Crippen LogP contribution in [0.25, 0.3) is 0 Å². The Morgan fingerprint density at radius 3 is 1.45 bits per heavy atom. The van der Waals surface area contributed by atoms with Crippen LogP contribution in [0.2, 0.25) is 0 Å². The van der Waals surface area contributed by atoms with Crippen LogP contribution < -0.4 is 10.2 Å². The SMILES string of the molecule is CCCCCCC/C=C\C/C=C\CCCCCCCCCCCCCCCCCC(=O)NC(COP(=O)([O-])OCC[N+](C)(C)C)C(O)/C=C/CC/C=C/CCCCCCC. The number of quaternary nitrogens is 1. The van der Waals surface area contributed by atoms with E-state index in [1.807, 2.05) is 27.2 Å². The van der Waals surface area contributed by atoms with Crippen molar-refractivity contribution in [3.8, 4) is 0 Å². The Bertz CT molecular complexity index is 1120. The highest BCUT2D eigenvalue weighted by Crippen LogP contribution is 2.38. The Labute approximate surface area is 371 Å². The first kappa shape index (κ1) is 58.5. The van der Waals surface area contributed by atoms with Crippen LogP contribution in [0.15, 0.2) is 48.6 Å². The number of aliphatic hydroxyl groups is 1. The molecule has 0 aromatic carbocycles. The number of hydrogen-bond acceptors (Lipinski definition) is 6. The number of phosphoric acid groups is 1. The van der Waals surface area contributed by atoms with Crippen LogP contribution in [0, 0.1) is 0 Å². The molecular formula is C51H97N2O6P. The molecule has 0 aliphatic carbocycles. The summed E-state index contributed by atoms with van der Waals surface area (Å²) in [5, 5.41) is 13.7. The van der Waals surface area contributed by atoms with E-state index in [9.17, 15) is 19.4 Å². The van der Waals surface area contributed by atoms with Crippen LogP contribution in [-0.4, -0.2) is 68.5 Å². The summed E-state index contributed by atoms with van der Waals surface area (Å²) < 4.78 is 23.2. The number of likely N-dealkylation sites (N-methyl/N-ethyl adjacent to an activating group) is 1. The van der Waals surface area contributed by atoms with Crippen LogP contribution in [0.4, 0.5) is 0 Å². The Kier molecular flexibility index (Phi) is 41.6. The molecule has 3 unspecified atom stereocenters. The van der Waals surface area contributed by atoms with Gasteiger partial charge in [-0.3, -0.25) is 9.36 Å². The number of carbonyl (C=O) groups is 1. The minimum absolute atomic E-state index is 0.00689. The molecule has 0 rings (SSSR count). The lowest BCUT2D eigenvalue weighted by Crippen LogP contribution is -2.45. The van der Waals surface area contributed by atoms with Crippen molar-refractivity contribution in [3.05, 3.63) is 48.6 Å². The normalized spacial score (nSPS) is 14.6. The van der Waals surface area contributed by atoms with Crippen molar-refractivity contribution >= 4 is 13.7 Å². The number of allylic oxidation sites excluding steroid dienone is 7. The van der Waals surface area contributed by atoms with Gasteiger partial charge in [0.05, 0.1) is 39.9 Å². The third-order valence-corrected chi connectivity index (χ3v) is 12.0. The Morgan fingerprint density at radius 1 is 0.583 bits per heavy atom. The number of hydrogen-bond donors (Lipinski definition) is 2. The van der Waals surface area contributed by atoms with E-state index in [0.717, 1.165) is 44.9 Å². The fraction of sp³-hybridized carbons (Fsp3) is 0.824. The number of nitrogens with zero attached hydrogens (tertiary/aromatic N) is 1. The maximum Gasteiger partial charge on any atom is 0.268 e. The predicted molar refractivity (Wildman–Crippen MR) is 256 cm³/mol. The standard InChI is InChI=1S/C51H97N2O6P/c1-6-8-10-12-14-16-18-19-20-21-22-23-24-25-26-27-28-29-30-31-32-33-35-37-39-41-43-45-51(55)52-49(48-59-60(56,57)58-47-46-53(3,4)5)50(54)44-42-40-38-36-34-17-15-13-11-9-7-2/h18-19,21-22,34,36,42,44,49-50,54H,6-17,20,23-33,35,37-41,43,45-48H2,1-5H3,(H-,52,55,56,57)/b19-18-,22-21-,36-34+,44-42+. The van der Waals surface area contributed by atoms with Crippen molar-refractivity contribution in [2.75, 3.05) is 40.9 Å². The Hall–Kier alpha value is -1.54. The Morgan fingerprint density at radius 2 is 0.983 bits per heavy atom. The van der Waals surface area contributed by atoms with Gasteiger partial charge in [-0.1, -0.05) is 197 Å². The lowest BCUT2D eigenvalue weighted by atomic mass is 10.0. The van der Waals surface area contributed by atoms with Gasteiger partial charge in [0.15, 0.2) is 0 Å². The second kappa shape index (κ2) is 42.7. The summed E-state index contributed by atoms with van der Waals surface area (Å²) in [6, 6.07) is -0.901. The van der Waals surface area contributed by atoms with E-state index in [-0.39, 0.29) is 12.5 Å². The molecule has 0 saturated heterocycles. The van der Waals surface area contributed by atoms with Crippen LogP contribution in [0.1, 0.15) is 219 Å². The fourth-order valence-electron chi connectivity index (χ4n) is 7.02. The molecule has 0 bridgehead atoms. The lowest BCUT2D eigenvalue weighted by Gasteiger charge is -2.29. The summed E-state index contributed by atoms with van der Waals surface area (Å²) in [6.07, 6.45) is 54.7. The van der Waals surface area contributed by atoms with Gasteiger partial charge >= 0.3 is 0 Å². The zero-order valence-corrected chi connectivity index (χ0v) is 40.8. The molecule has 8 nitrogen and oxygen atoms in total. The number of phosphoric ester groups is 1. The quantitative estimate of drug-likeness (QED) is 0.0273. The van der Waals surface area contributed by atoms with Crippen LogP contribution in [-0.2, 0) is 18.4 Å². The predicted octanol–water partition coefficient (Wildman–Crippen LogP) is 13.8. The van der Waals surface area contributed by atoms with Crippen molar-refractivity contribution in [3.63, 3.8) is 0 Å². The van der Waals surface area contributed by atoms with E-state index in [1.165, 1.54) is 154 Å². The number of carbonyl (C=O) groups excluding carboxylic acids is 1. The molecule has 1 amide bonds. The molecule has 0 radical (unpaired) electrons. The van der Waals surface area contributed by atoms with Crippen LogP contribution >= 0.6 is 7.82 Å². The highest BCUT2D eigenvalue weighted by Gasteiger charge is 2.23. The van der Waals surface area contributed by atoms with E-state index in [0.29, 0.717) is 17.4 Å². The van der Waals surface area contributed by atoms with E-state index < -0.39 is 26.6 Å². The van der Waals surface area contributed by atoms with Gasteiger partial charge in [-0.2, -0.15) is 0 Å². The first-order valence-electron chi connectivity index (χ1n) is 25.0. The average molecular weight is 865 g/mol. The second-order valence-electron chi connectivity index (χ2n) is 18.2. The van der Waals surface area contributed by atoms with Crippen molar-refractivity contribution in [2.45, 2.75) is 231 Å². The van der Waals surface area contributed by atoms with Gasteiger partial charge < -0.3 is 28.8 Å². The third-order valence-electron chi connectivity index (χ3n) is 11.0. The van der Waals surface area contributed by atoms with Crippen LogP contribution in [0.3, 0.4) is 0 Å². The smallest absolute Gasteiger partial charge is 0.268 e. The molecule has 0 aliphatic rings. The number of amides is 1. The maximum absolute atomic E-state index is 12.9. The van der Waals surface area contributed by atoms with Crippen LogP contribution in [0.5, 0.6) is 0 Å². The molecule has 0 spiro atoms. The molecule has 0 fully saturated rings. The number of rotatable bonds is 45. The van der Waals surface area contributed by atoms with Crippen molar-refractivity contribution < 1.29 is 32.9 Å². The zero-order valence-electron chi connectivity index (χ0n) is 39.9. The van der Waals surface area contributed by atoms with Gasteiger partial charge in [-0.15, -0.1) is 0 Å². The fourth-order valence-corrected chi connectivity index (χ4v) is 7.74. The van der Waals surface area contributed by atoms with E-state index in [1.54, 1.807) is 6.08 Å².